The minimum atomic E-state index is -4.28. The molecule has 0 saturated heterocycles. The molecule has 0 heterocycles. The van der Waals surface area contributed by atoms with Crippen LogP contribution in [-0.4, -0.2) is 26.2 Å². The summed E-state index contributed by atoms with van der Waals surface area (Å²) in [6.45, 7) is 8.15. The van der Waals surface area contributed by atoms with Crippen LogP contribution < -0.4 is 9.79 Å². The third-order valence-corrected chi connectivity index (χ3v) is 3.55. The molecule has 0 saturated carbocycles. The number of quaternary nitrogens is 1. The monoisotopic (exact) mass is 299 g/mol. The number of hydrogen-bond acceptors (Lipinski definition) is 4. The molecule has 0 radical (unpaired) electrons. The van der Waals surface area contributed by atoms with Crippen molar-refractivity contribution in [3.63, 3.8) is 0 Å². The van der Waals surface area contributed by atoms with Crippen molar-refractivity contribution in [1.82, 2.24) is 0 Å². The molecule has 18 heavy (non-hydrogen) atoms. The van der Waals surface area contributed by atoms with E-state index >= 15 is 0 Å². The van der Waals surface area contributed by atoms with Crippen molar-refractivity contribution in [2.45, 2.75) is 33.6 Å². The molecule has 0 aromatic carbocycles. The first-order chi connectivity index (χ1) is 8.49. The fraction of sp³-hybridized carbons (Fsp3) is 0.818. The van der Waals surface area contributed by atoms with Crippen LogP contribution in [0.2, 0.25) is 0 Å². The van der Waals surface area contributed by atoms with Crippen LogP contribution in [0.4, 0.5) is 0 Å². The van der Waals surface area contributed by atoms with Crippen LogP contribution in [0.1, 0.15) is 33.6 Å². The number of halogens is 1. The maximum Gasteiger partial charge on any atom is 0.319 e. The summed E-state index contributed by atoms with van der Waals surface area (Å²) in [5.74, 6) is 0.223. The zero-order chi connectivity index (χ0) is 14.0. The van der Waals surface area contributed by atoms with Crippen molar-refractivity contribution >= 4 is 19.4 Å². The van der Waals surface area contributed by atoms with E-state index in [1.54, 1.807) is 6.92 Å². The molecule has 0 bridgehead atoms. The lowest BCUT2D eigenvalue weighted by molar-refractivity contribution is -0.896. The van der Waals surface area contributed by atoms with Gasteiger partial charge in [0.05, 0.1) is 19.7 Å². The SMILES string of the molecule is CCC[NH+](CCC)C/C(=C\Cl)OP(=O)([O-])OCC. The lowest BCUT2D eigenvalue weighted by atomic mass is 10.3. The average Bonchev–Trinajstić information content (AvgIpc) is 2.28. The smallest absolute Gasteiger partial charge is 0.319 e. The molecule has 1 atom stereocenters. The van der Waals surface area contributed by atoms with Gasteiger partial charge in [-0.1, -0.05) is 25.4 Å². The molecule has 108 valence electrons. The summed E-state index contributed by atoms with van der Waals surface area (Å²) in [6.07, 6.45) is 2.04. The Bertz CT molecular complexity index is 293. The highest BCUT2D eigenvalue weighted by Gasteiger charge is 2.16. The average molecular weight is 300 g/mol. The van der Waals surface area contributed by atoms with E-state index in [9.17, 15) is 9.46 Å². The van der Waals surface area contributed by atoms with Crippen molar-refractivity contribution < 1.29 is 23.4 Å². The molecule has 0 aliphatic rings. The Morgan fingerprint density at radius 2 is 1.89 bits per heavy atom. The zero-order valence-electron chi connectivity index (χ0n) is 11.3. The van der Waals surface area contributed by atoms with Gasteiger partial charge in [-0.05, 0) is 19.8 Å². The molecule has 7 heteroatoms. The van der Waals surface area contributed by atoms with Crippen molar-refractivity contribution in [1.29, 1.82) is 0 Å². The molecule has 0 aromatic heterocycles. The lowest BCUT2D eigenvalue weighted by Gasteiger charge is -2.26. The van der Waals surface area contributed by atoms with Crippen LogP contribution in [0.25, 0.3) is 0 Å². The molecule has 5 nitrogen and oxygen atoms in total. The van der Waals surface area contributed by atoms with Crippen LogP contribution >= 0.6 is 19.4 Å². The maximum absolute atomic E-state index is 11.4. The minimum absolute atomic E-state index is 0.0524. The Morgan fingerprint density at radius 3 is 2.28 bits per heavy atom. The molecule has 0 fully saturated rings. The first-order valence-corrected chi connectivity index (χ1v) is 8.16. The van der Waals surface area contributed by atoms with E-state index in [4.69, 9.17) is 16.1 Å². The van der Waals surface area contributed by atoms with E-state index in [2.05, 4.69) is 18.4 Å². The fourth-order valence-electron chi connectivity index (χ4n) is 1.67. The maximum atomic E-state index is 11.4. The van der Waals surface area contributed by atoms with Gasteiger partial charge >= 0.3 is 7.82 Å². The van der Waals surface area contributed by atoms with Gasteiger partial charge in [-0.3, -0.25) is 4.57 Å². The van der Waals surface area contributed by atoms with Crippen molar-refractivity contribution in [2.24, 2.45) is 0 Å². The van der Waals surface area contributed by atoms with Gasteiger partial charge in [0.15, 0.2) is 5.76 Å². The van der Waals surface area contributed by atoms with Crippen LogP contribution in [0.3, 0.4) is 0 Å². The van der Waals surface area contributed by atoms with Crippen molar-refractivity contribution in [3.05, 3.63) is 11.3 Å². The highest BCUT2D eigenvalue weighted by atomic mass is 35.5. The van der Waals surface area contributed by atoms with Crippen molar-refractivity contribution in [2.75, 3.05) is 26.2 Å². The molecule has 1 N–H and O–H groups in total. The number of phosphoric ester groups is 1. The summed E-state index contributed by atoms with van der Waals surface area (Å²) in [6, 6.07) is 0. The normalized spacial score (nSPS) is 15.8. The van der Waals surface area contributed by atoms with Gasteiger partial charge in [0.1, 0.15) is 6.54 Å². The van der Waals surface area contributed by atoms with E-state index in [0.717, 1.165) is 31.5 Å². The largest absolute Gasteiger partial charge is 0.746 e. The van der Waals surface area contributed by atoms with E-state index < -0.39 is 7.82 Å². The number of hydrogen-bond donors (Lipinski definition) is 1. The molecule has 0 amide bonds. The predicted octanol–water partition coefficient (Wildman–Crippen LogP) is 1.29. The molecule has 0 spiro atoms. The first-order valence-electron chi connectivity index (χ1n) is 6.27. The molecular formula is C11H23ClNO4P. The van der Waals surface area contributed by atoms with Gasteiger partial charge in [-0.15, -0.1) is 0 Å². The second-order valence-electron chi connectivity index (χ2n) is 3.96. The van der Waals surface area contributed by atoms with Gasteiger partial charge in [0, 0.05) is 5.54 Å². The highest BCUT2D eigenvalue weighted by Crippen LogP contribution is 2.40. The van der Waals surface area contributed by atoms with E-state index in [1.165, 1.54) is 4.90 Å². The molecule has 0 rings (SSSR count). The molecule has 1 unspecified atom stereocenters. The number of phosphoric acid groups is 1. The van der Waals surface area contributed by atoms with Gasteiger partial charge in [0.2, 0.25) is 0 Å². The van der Waals surface area contributed by atoms with E-state index in [0.29, 0.717) is 6.54 Å². The van der Waals surface area contributed by atoms with Gasteiger partial charge in [-0.2, -0.15) is 0 Å². The Hall–Kier alpha value is -0.0600. The minimum Gasteiger partial charge on any atom is -0.746 e. The third kappa shape index (κ3) is 8.11. The summed E-state index contributed by atoms with van der Waals surface area (Å²) in [7, 11) is -4.28. The quantitative estimate of drug-likeness (QED) is 0.488. The molecule has 0 aliphatic heterocycles. The first kappa shape index (κ1) is 17.9. The topological polar surface area (TPSA) is 63.0 Å². The molecule has 0 aliphatic carbocycles. The molecule has 0 aromatic rings. The van der Waals surface area contributed by atoms with Crippen molar-refractivity contribution in [3.8, 4) is 0 Å². The van der Waals surface area contributed by atoms with E-state index in [1.807, 2.05) is 0 Å². The summed E-state index contributed by atoms with van der Waals surface area (Å²) in [5, 5.41) is 0. The summed E-state index contributed by atoms with van der Waals surface area (Å²) < 4.78 is 20.7. The van der Waals surface area contributed by atoms with E-state index in [-0.39, 0.29) is 12.4 Å². The zero-order valence-corrected chi connectivity index (χ0v) is 12.9. The summed E-state index contributed by atoms with van der Waals surface area (Å²) in [4.78, 5) is 12.6. The van der Waals surface area contributed by atoms with Gasteiger partial charge in [0.25, 0.3) is 0 Å². The highest BCUT2D eigenvalue weighted by molar-refractivity contribution is 7.46. The van der Waals surface area contributed by atoms with Crippen LogP contribution in [0.5, 0.6) is 0 Å². The Labute approximate surface area is 114 Å². The van der Waals surface area contributed by atoms with Crippen LogP contribution in [0.15, 0.2) is 11.3 Å². The Kier molecular flexibility index (Phi) is 9.78. The summed E-state index contributed by atoms with van der Waals surface area (Å²) >= 11 is 5.60. The van der Waals surface area contributed by atoms with Gasteiger partial charge < -0.3 is 18.8 Å². The standard InChI is InChI=1S/C11H23ClNO4P/c1-4-7-13(8-5-2)10-11(9-12)17-18(14,15)16-6-3/h9H,4-8,10H2,1-3H3,(H,14,15)/b11-9+. The number of rotatable bonds is 10. The lowest BCUT2D eigenvalue weighted by Crippen LogP contribution is -3.12. The second kappa shape index (κ2) is 9.82. The summed E-state index contributed by atoms with van der Waals surface area (Å²) in [5.41, 5.74) is 1.16. The van der Waals surface area contributed by atoms with Crippen LogP contribution in [0, 0.1) is 0 Å². The Morgan fingerprint density at radius 1 is 1.33 bits per heavy atom. The fourth-order valence-corrected chi connectivity index (χ4v) is 2.63. The number of nitrogens with one attached hydrogen (secondary N) is 1. The second-order valence-corrected chi connectivity index (χ2v) is 5.51. The Balaban J connectivity index is 4.45. The van der Waals surface area contributed by atoms with Gasteiger partial charge in [-0.25, -0.2) is 0 Å². The third-order valence-electron chi connectivity index (χ3n) is 2.27. The van der Waals surface area contributed by atoms with Crippen LogP contribution in [-0.2, 0) is 13.6 Å². The predicted molar refractivity (Wildman–Crippen MR) is 70.4 cm³/mol. The molecular weight excluding hydrogens is 277 g/mol.